The molecule has 5 rings (SSSR count). The average molecular weight is 490 g/mol. The lowest BCUT2D eigenvalue weighted by atomic mass is 9.93. The van der Waals surface area contributed by atoms with Gasteiger partial charge >= 0.3 is 5.97 Å². The van der Waals surface area contributed by atoms with Crippen molar-refractivity contribution in [3.8, 4) is 0 Å². The maximum atomic E-state index is 13.4. The number of carbonyl (C=O) groups excluding carboxylic acids is 1. The number of hydrogen-bond acceptors (Lipinski definition) is 4. The Bertz CT molecular complexity index is 1400. The second kappa shape index (κ2) is 9.17. The maximum absolute atomic E-state index is 13.4. The topological polar surface area (TPSA) is 107 Å². The lowest BCUT2D eigenvalue weighted by molar-refractivity contribution is -0.139. The molecule has 0 saturated heterocycles. The van der Waals surface area contributed by atoms with E-state index in [-0.39, 0.29) is 12.5 Å². The van der Waals surface area contributed by atoms with Crippen molar-refractivity contribution in [3.05, 3.63) is 101 Å². The quantitative estimate of drug-likeness (QED) is 0.314. The van der Waals surface area contributed by atoms with Crippen LogP contribution >= 0.6 is 11.6 Å². The first-order chi connectivity index (χ1) is 16.9. The Kier molecular flexibility index (Phi) is 6.05. The van der Waals surface area contributed by atoms with Crippen LogP contribution < -0.4 is 0 Å². The van der Waals surface area contributed by atoms with Crippen LogP contribution in [0, 0.1) is 0 Å². The molecule has 1 aliphatic rings. The molecule has 0 fully saturated rings. The molecule has 1 aliphatic heterocycles. The number of imidazole rings is 1. The fraction of sp³-hybridized carbons (Fsp3) is 0.222. The molecule has 2 atom stereocenters. The van der Waals surface area contributed by atoms with E-state index in [4.69, 9.17) is 11.6 Å². The van der Waals surface area contributed by atoms with Crippen LogP contribution in [-0.4, -0.2) is 42.8 Å². The number of H-pyrrole nitrogens is 1. The summed E-state index contributed by atoms with van der Waals surface area (Å²) in [5, 5.41) is 21.8. The Hall–Kier alpha value is -3.68. The van der Waals surface area contributed by atoms with Gasteiger partial charge in [-0.2, -0.15) is 0 Å². The molecule has 178 valence electrons. The molecule has 3 aromatic carbocycles. The average Bonchev–Trinajstić information content (AvgIpc) is 3.38. The number of carbonyl (C=O) groups is 2. The SMILES string of the molecule is O=C(O)C(CCCCl)c1nc2ccc(C3(O)c4ccccc4C(=O)N3Cc3ccccc3)cc2[nH]1. The fourth-order valence-corrected chi connectivity index (χ4v) is 4.90. The summed E-state index contributed by atoms with van der Waals surface area (Å²) < 4.78 is 0. The molecule has 2 unspecified atom stereocenters. The molecule has 0 aliphatic carbocycles. The van der Waals surface area contributed by atoms with Crippen molar-refractivity contribution in [1.29, 1.82) is 0 Å². The number of halogens is 1. The van der Waals surface area contributed by atoms with E-state index in [1.807, 2.05) is 30.3 Å². The zero-order valence-electron chi connectivity index (χ0n) is 18.8. The molecule has 0 spiro atoms. The minimum absolute atomic E-state index is 0.219. The number of carboxylic acid groups (broad SMARTS) is 1. The highest BCUT2D eigenvalue weighted by atomic mass is 35.5. The van der Waals surface area contributed by atoms with Crippen molar-refractivity contribution in [2.45, 2.75) is 31.0 Å². The summed E-state index contributed by atoms with van der Waals surface area (Å²) in [6.07, 6.45) is 0.913. The van der Waals surface area contributed by atoms with Gasteiger partial charge in [0.05, 0.1) is 11.0 Å². The Morgan fingerprint density at radius 1 is 1.09 bits per heavy atom. The molecule has 1 amide bonds. The summed E-state index contributed by atoms with van der Waals surface area (Å²) in [7, 11) is 0. The first kappa shape index (κ1) is 23.1. The van der Waals surface area contributed by atoms with Gasteiger partial charge < -0.3 is 15.2 Å². The number of amides is 1. The monoisotopic (exact) mass is 489 g/mol. The van der Waals surface area contributed by atoms with Gasteiger partial charge in [-0.3, -0.25) is 14.5 Å². The van der Waals surface area contributed by atoms with Crippen molar-refractivity contribution in [1.82, 2.24) is 14.9 Å². The normalized spacial score (nSPS) is 18.1. The molecule has 2 heterocycles. The van der Waals surface area contributed by atoms with Gasteiger partial charge in [0, 0.05) is 29.1 Å². The van der Waals surface area contributed by atoms with Gasteiger partial charge in [0.25, 0.3) is 5.91 Å². The van der Waals surface area contributed by atoms with E-state index in [0.29, 0.717) is 52.3 Å². The third-order valence-corrected chi connectivity index (χ3v) is 6.78. The predicted molar refractivity (Wildman–Crippen MR) is 132 cm³/mol. The van der Waals surface area contributed by atoms with Crippen molar-refractivity contribution in [2.24, 2.45) is 0 Å². The van der Waals surface area contributed by atoms with Crippen molar-refractivity contribution >= 4 is 34.5 Å². The number of fused-ring (bicyclic) bond motifs is 2. The summed E-state index contributed by atoms with van der Waals surface area (Å²) in [6.45, 7) is 0.219. The Morgan fingerprint density at radius 3 is 2.57 bits per heavy atom. The third-order valence-electron chi connectivity index (χ3n) is 6.51. The molecule has 35 heavy (non-hydrogen) atoms. The van der Waals surface area contributed by atoms with Gasteiger partial charge in [-0.1, -0.05) is 54.6 Å². The van der Waals surface area contributed by atoms with Crippen LogP contribution in [0.2, 0.25) is 0 Å². The van der Waals surface area contributed by atoms with Crippen LogP contribution in [-0.2, 0) is 17.1 Å². The van der Waals surface area contributed by atoms with Crippen molar-refractivity contribution in [2.75, 3.05) is 5.88 Å². The highest BCUT2D eigenvalue weighted by Gasteiger charge is 2.49. The Balaban J connectivity index is 1.60. The molecule has 3 N–H and O–H groups in total. The van der Waals surface area contributed by atoms with Crippen molar-refractivity contribution in [3.63, 3.8) is 0 Å². The molecule has 4 aromatic rings. The summed E-state index contributed by atoms with van der Waals surface area (Å²) in [5.74, 6) is -1.34. The number of carboxylic acids is 1. The zero-order valence-corrected chi connectivity index (χ0v) is 19.6. The van der Waals surface area contributed by atoms with E-state index in [1.54, 1.807) is 42.5 Å². The number of aliphatic hydroxyl groups is 1. The molecular weight excluding hydrogens is 466 g/mol. The summed E-state index contributed by atoms with van der Waals surface area (Å²) in [5.41, 5.74) is 1.79. The van der Waals surface area contributed by atoms with Crippen LogP contribution in [0.1, 0.15) is 51.6 Å². The van der Waals surface area contributed by atoms with E-state index in [9.17, 15) is 19.8 Å². The molecule has 0 bridgehead atoms. The maximum Gasteiger partial charge on any atom is 0.314 e. The number of alkyl halides is 1. The molecule has 8 heteroatoms. The third kappa shape index (κ3) is 3.96. The highest BCUT2D eigenvalue weighted by molar-refractivity contribution is 6.17. The molecular formula is C27H24ClN3O4. The Labute approximate surface area is 207 Å². The van der Waals surface area contributed by atoms with Gasteiger partial charge in [0.2, 0.25) is 0 Å². The highest BCUT2D eigenvalue weighted by Crippen LogP contribution is 2.43. The van der Waals surface area contributed by atoms with Crippen LogP contribution in [0.15, 0.2) is 72.8 Å². The van der Waals surface area contributed by atoms with Crippen molar-refractivity contribution < 1.29 is 19.8 Å². The fourth-order valence-electron chi connectivity index (χ4n) is 4.74. The number of aromatic amines is 1. The predicted octanol–water partition coefficient (Wildman–Crippen LogP) is 4.60. The minimum Gasteiger partial charge on any atom is -0.481 e. The van der Waals surface area contributed by atoms with Gasteiger partial charge in [-0.15, -0.1) is 11.6 Å². The zero-order chi connectivity index (χ0) is 24.6. The number of hydrogen-bond donors (Lipinski definition) is 3. The first-order valence-corrected chi connectivity index (χ1v) is 11.9. The molecule has 0 radical (unpaired) electrons. The van der Waals surface area contributed by atoms with Gasteiger partial charge in [-0.05, 0) is 36.6 Å². The number of benzene rings is 3. The molecule has 1 aromatic heterocycles. The second-order valence-corrected chi connectivity index (χ2v) is 9.05. The molecule has 0 saturated carbocycles. The standard InChI is InChI=1S/C27H24ClN3O4/c28-14-6-10-20(26(33)34)24-29-22-13-12-18(15-23(22)30-24)27(35)21-11-5-4-9-19(21)25(32)31(27)16-17-7-2-1-3-8-17/h1-5,7-9,11-13,15,20,35H,6,10,14,16H2,(H,29,30)(H,33,34). The number of aromatic nitrogens is 2. The van der Waals surface area contributed by atoms with E-state index >= 15 is 0 Å². The van der Waals surface area contributed by atoms with E-state index in [1.165, 1.54) is 4.90 Å². The smallest absolute Gasteiger partial charge is 0.314 e. The number of aliphatic carboxylic acids is 1. The number of nitrogens with zero attached hydrogens (tertiary/aromatic N) is 2. The van der Waals surface area contributed by atoms with E-state index < -0.39 is 17.6 Å². The summed E-state index contributed by atoms with van der Waals surface area (Å²) in [6, 6.07) is 21.8. The van der Waals surface area contributed by atoms with Crippen LogP contribution in [0.5, 0.6) is 0 Å². The minimum atomic E-state index is -1.70. The second-order valence-electron chi connectivity index (χ2n) is 8.67. The van der Waals surface area contributed by atoms with Crippen LogP contribution in [0.3, 0.4) is 0 Å². The van der Waals surface area contributed by atoms with Crippen LogP contribution in [0.4, 0.5) is 0 Å². The van der Waals surface area contributed by atoms with Crippen LogP contribution in [0.25, 0.3) is 11.0 Å². The Morgan fingerprint density at radius 2 is 1.83 bits per heavy atom. The first-order valence-electron chi connectivity index (χ1n) is 11.4. The van der Waals surface area contributed by atoms with E-state index in [0.717, 1.165) is 5.56 Å². The van der Waals surface area contributed by atoms with Gasteiger partial charge in [-0.25, -0.2) is 4.98 Å². The largest absolute Gasteiger partial charge is 0.481 e. The summed E-state index contributed by atoms with van der Waals surface area (Å²) >= 11 is 5.77. The lowest BCUT2D eigenvalue weighted by Crippen LogP contribution is -2.44. The lowest BCUT2D eigenvalue weighted by Gasteiger charge is -2.35. The number of nitrogens with one attached hydrogen (secondary N) is 1. The van der Waals surface area contributed by atoms with E-state index in [2.05, 4.69) is 9.97 Å². The van der Waals surface area contributed by atoms with Gasteiger partial charge in [0.1, 0.15) is 11.7 Å². The summed E-state index contributed by atoms with van der Waals surface area (Å²) in [4.78, 5) is 34.3. The van der Waals surface area contributed by atoms with Gasteiger partial charge in [0.15, 0.2) is 5.72 Å². The molecule has 7 nitrogen and oxygen atoms in total. The number of rotatable bonds is 8.